The predicted molar refractivity (Wildman–Crippen MR) is 548 cm³/mol. The molecule has 1 aliphatic heterocycles. The van der Waals surface area contributed by atoms with Crippen LogP contribution in [0.1, 0.15) is 92.9 Å². The number of hydroxylamine groups is 2. The topological polar surface area (TPSA) is 400 Å². The molecule has 30 nitrogen and oxygen atoms in total. The van der Waals surface area contributed by atoms with E-state index in [1.807, 2.05) is 142 Å². The number of furan rings is 2. The highest BCUT2D eigenvalue weighted by molar-refractivity contribution is 6.35. The number of amides is 3. The lowest BCUT2D eigenvalue weighted by Crippen LogP contribution is -2.25. The number of nitrogens with one attached hydrogen (secondary N) is 4. The largest absolute Gasteiger partial charge is 0.455 e. The number of pyridine rings is 6. The second kappa shape index (κ2) is 47.6. The highest BCUT2D eigenvalue weighted by Crippen LogP contribution is 2.45. The van der Waals surface area contributed by atoms with E-state index in [2.05, 4.69) is 80.4 Å². The smallest absolute Gasteiger partial charge is 0.281 e. The molecule has 0 unspecified atom stereocenters. The van der Waals surface area contributed by atoms with Crippen LogP contribution in [-0.4, -0.2) is 145 Å². The van der Waals surface area contributed by atoms with Crippen molar-refractivity contribution in [3.63, 3.8) is 0 Å². The van der Waals surface area contributed by atoms with Crippen LogP contribution >= 0.6 is 58.0 Å². The molecule has 0 aliphatic carbocycles. The van der Waals surface area contributed by atoms with Crippen molar-refractivity contribution in [1.82, 2.24) is 75.2 Å². The number of Topliss-reactive ketones (excluding diaryl/α,β-unsaturated/α-hetero) is 3. The highest BCUT2D eigenvalue weighted by Gasteiger charge is 2.31. The monoisotopic (exact) mass is 2010 g/mol. The number of aromatic amines is 2. The molecule has 13 aromatic heterocycles. The Balaban J connectivity index is 0.000000135. The molecule has 0 spiro atoms. The van der Waals surface area contributed by atoms with Crippen LogP contribution in [0.5, 0.6) is 0 Å². The number of allylic oxidation sites excluding steroid dienone is 1. The van der Waals surface area contributed by atoms with Gasteiger partial charge in [0.15, 0.2) is 46.0 Å². The molecule has 720 valence electrons. The zero-order chi connectivity index (χ0) is 101. The fraction of sp³-hybridized carbons (Fsp3) is 0.148. The van der Waals surface area contributed by atoms with Gasteiger partial charge in [0.1, 0.15) is 46.2 Å². The quantitative estimate of drug-likeness (QED) is 0.0331. The lowest BCUT2D eigenvalue weighted by molar-refractivity contribution is -0.117. The molecule has 4 N–H and O–H groups in total. The molecule has 0 bridgehead atoms. The van der Waals surface area contributed by atoms with Crippen LogP contribution in [0, 0.1) is 20.8 Å². The second-order valence-corrected chi connectivity index (χ2v) is 34.3. The molecule has 1 aliphatic rings. The number of anilines is 1. The van der Waals surface area contributed by atoms with Crippen molar-refractivity contribution >= 4 is 105 Å². The summed E-state index contributed by atoms with van der Waals surface area (Å²) in [5.41, 5.74) is 16.1. The number of rotatable bonds is 28. The lowest BCUT2D eigenvalue weighted by Gasteiger charge is -2.13. The van der Waals surface area contributed by atoms with Gasteiger partial charge in [-0.15, -0.1) is 0 Å². The molecule has 5 aromatic carbocycles. The molecule has 18 aromatic rings. The van der Waals surface area contributed by atoms with Gasteiger partial charge >= 0.3 is 0 Å². The van der Waals surface area contributed by atoms with Gasteiger partial charge in [-0.05, 0) is 191 Å². The molecule has 0 fully saturated rings. The van der Waals surface area contributed by atoms with Crippen LogP contribution in [0.4, 0.5) is 5.82 Å². The number of benzene rings is 5. The number of H-pyrrole nitrogens is 2. The number of imidazole rings is 2. The van der Waals surface area contributed by atoms with Crippen LogP contribution in [0.25, 0.3) is 137 Å². The van der Waals surface area contributed by atoms with Gasteiger partial charge in [0.2, 0.25) is 23.6 Å². The number of aromatic nitrogens is 13. The first-order valence-electron chi connectivity index (χ1n) is 44.5. The van der Waals surface area contributed by atoms with Crippen molar-refractivity contribution in [2.75, 3.05) is 39.7 Å². The number of hydrogen-bond acceptors (Lipinski definition) is 25. The first kappa shape index (κ1) is 101. The van der Waals surface area contributed by atoms with Gasteiger partial charge in [-0.1, -0.05) is 131 Å². The summed E-state index contributed by atoms with van der Waals surface area (Å²) in [6.07, 6.45) is 25.2. The van der Waals surface area contributed by atoms with E-state index in [9.17, 15) is 28.8 Å². The third-order valence-electron chi connectivity index (χ3n) is 21.7. The average Bonchev–Trinajstić information content (AvgIpc) is 1.64. The Morgan fingerprint density at radius 1 is 0.441 bits per heavy atom. The van der Waals surface area contributed by atoms with Crippen molar-refractivity contribution in [2.24, 2.45) is 4.99 Å². The number of ketones is 3. The number of halogens is 5. The maximum atomic E-state index is 13.1. The zero-order valence-electron chi connectivity index (χ0n) is 78.4. The molecule has 14 heterocycles. The van der Waals surface area contributed by atoms with Gasteiger partial charge in [0.25, 0.3) is 11.8 Å². The molecule has 0 atom stereocenters. The second-order valence-electron chi connectivity index (χ2n) is 32.3. The van der Waals surface area contributed by atoms with E-state index in [-0.39, 0.29) is 72.3 Å². The summed E-state index contributed by atoms with van der Waals surface area (Å²) in [6, 6.07) is 56.6. The van der Waals surface area contributed by atoms with E-state index in [0.29, 0.717) is 165 Å². The van der Waals surface area contributed by atoms with E-state index < -0.39 is 5.91 Å². The van der Waals surface area contributed by atoms with Crippen molar-refractivity contribution in [1.29, 1.82) is 0 Å². The number of nitrogens with zero attached hydrogens (tertiary/aromatic N) is 13. The fourth-order valence-electron chi connectivity index (χ4n) is 14.8. The van der Waals surface area contributed by atoms with Crippen molar-refractivity contribution in [2.45, 2.75) is 73.8 Å². The predicted octanol–water partition coefficient (Wildman–Crippen LogP) is 23.9. The van der Waals surface area contributed by atoms with Crippen molar-refractivity contribution in [3.05, 3.63) is 356 Å². The molecular weight excluding hydrogens is 1920 g/mol. The molecular formula is C108H90Cl5N17O13. The Hall–Kier alpha value is -16.2. The molecule has 35 heteroatoms. The van der Waals surface area contributed by atoms with Gasteiger partial charge < -0.3 is 47.4 Å². The Morgan fingerprint density at radius 2 is 0.909 bits per heavy atom. The van der Waals surface area contributed by atoms with Gasteiger partial charge in [-0.3, -0.25) is 63.5 Å². The normalized spacial score (nSPS) is 11.2. The minimum atomic E-state index is -0.403. The van der Waals surface area contributed by atoms with Crippen LogP contribution in [0.2, 0.25) is 25.1 Å². The first-order valence-corrected chi connectivity index (χ1v) is 46.4. The number of carbonyl (C=O) groups excluding carboxylic acids is 6. The van der Waals surface area contributed by atoms with Gasteiger partial charge in [-0.2, -0.15) is 0 Å². The molecule has 19 rings (SSSR count). The van der Waals surface area contributed by atoms with E-state index in [0.717, 1.165) is 72.1 Å². The maximum Gasteiger partial charge on any atom is 0.281 e. The highest BCUT2D eigenvalue weighted by atomic mass is 35.5. The van der Waals surface area contributed by atoms with E-state index >= 15 is 0 Å². The standard InChI is InChI=1S/C25H21ClN4O3.C23H19ClN2O2.C22H21ClN2O4.C21H18ClN5O3.C17H11ClN4O/c1-15-12-28-18(10-16(2)31)11-20(15)25-30-22(23(33-25)19-7-3-4-8-21(19)26)24(32)29-14-17-6-5-9-27-13-17;1-14-13-26-16(10-15(2)27)11-18(14)22-12-19(21-8-5-9-25-21)23(28-22)17-6-3-4-7-20(17)24;1-13-12-24-15(9-14(2)26)10-17(13)20-11-18(22(27)25(3)28-4)21(29-20)16-7-5-6-8-19(16)23;1-29-11-7-17(28)26-16-12-13(6-8-23-16)21-27-18(20-24-9-10-25-20)19(30-21)14-4-2-3-5-15(14)22;18-13-4-2-1-3-12(13)15-14(16-20-9-10-21-16)22-17(23-15)11-5-7-19-8-6-11/h3-9,11-13H,10,14H2,1-2H3,(H,29,32);3-8,11-13H,9-10H2,1-2H3;5-8,10-12H,9H2,1-4H3;2-6,8-10,12H,7,11H2,1H3,(H,24,25)(H,23,26,28);1-10H,(H,20,21). The summed E-state index contributed by atoms with van der Waals surface area (Å²) in [6.45, 7) is 11.6. The Bertz CT molecular complexity index is 7690. The van der Waals surface area contributed by atoms with E-state index in [1.165, 1.54) is 28.0 Å². The number of aliphatic imine (C=N–C) groups is 1. The molecule has 0 saturated heterocycles. The van der Waals surface area contributed by atoms with E-state index in [4.69, 9.17) is 89.7 Å². The summed E-state index contributed by atoms with van der Waals surface area (Å²) in [5.74, 6) is 5.37. The molecule has 143 heavy (non-hydrogen) atoms. The van der Waals surface area contributed by atoms with Crippen molar-refractivity contribution < 1.29 is 60.4 Å². The van der Waals surface area contributed by atoms with Gasteiger partial charge in [0.05, 0.1) is 63.1 Å². The third-order valence-corrected chi connectivity index (χ3v) is 23.4. The van der Waals surface area contributed by atoms with Crippen LogP contribution < -0.4 is 10.6 Å². The van der Waals surface area contributed by atoms with Crippen molar-refractivity contribution in [3.8, 4) is 137 Å². The fourth-order valence-corrected chi connectivity index (χ4v) is 15.9. The van der Waals surface area contributed by atoms with E-state index in [1.54, 1.807) is 167 Å². The van der Waals surface area contributed by atoms with Gasteiger partial charge in [-0.25, -0.2) is 35.0 Å². The number of aryl methyl sites for hydroxylation is 3. The third kappa shape index (κ3) is 25.4. The Kier molecular flexibility index (Phi) is 33.7. The van der Waals surface area contributed by atoms with Crippen LogP contribution in [0.15, 0.2) is 302 Å². The Morgan fingerprint density at radius 3 is 1.38 bits per heavy atom. The summed E-state index contributed by atoms with van der Waals surface area (Å²) >= 11 is 31.9. The summed E-state index contributed by atoms with van der Waals surface area (Å²) in [5, 5.41) is 9.37. The number of hydrogen-bond donors (Lipinski definition) is 4. The number of oxazole rings is 3. The number of carbonyl (C=O) groups is 6. The van der Waals surface area contributed by atoms with Gasteiger partial charge in [0, 0.05) is 193 Å². The molecule has 0 radical (unpaired) electrons. The SMILES string of the molecule is CC(=O)Cc1cc(-c2cc(C3=NCC=C3)c(-c3ccccc3Cl)o2)c(C)cn1.CC(=O)Cc1cc(-c2nc(C(=O)NCc3cccnc3)c(-c3ccccc3Cl)o2)c(C)cn1.COCCC(=O)Nc1cc(-c2nc(-c3ncc[nH]3)c(-c3ccccc3Cl)o2)ccn1.CON(C)C(=O)c1cc(-c2cc(CC(C)=O)ncc2C)oc1-c1ccccc1Cl.Clc1ccccc1-c1oc(-c2ccncc2)nc1-c1ncc[nH]1. The Labute approximate surface area is 845 Å². The lowest BCUT2D eigenvalue weighted by atomic mass is 10.0. The summed E-state index contributed by atoms with van der Waals surface area (Å²) in [7, 11) is 4.48. The minimum Gasteiger partial charge on any atom is -0.455 e. The number of methoxy groups -OCH3 is 1. The summed E-state index contributed by atoms with van der Waals surface area (Å²) < 4.78 is 35.6. The molecule has 0 saturated carbocycles. The maximum absolute atomic E-state index is 13.1. The minimum absolute atomic E-state index is 0.00284. The first-order chi connectivity index (χ1) is 69.2. The molecule has 3 amide bonds. The summed E-state index contributed by atoms with van der Waals surface area (Å²) in [4.78, 5) is 136. The zero-order valence-corrected chi connectivity index (χ0v) is 82.2. The number of ether oxygens (including phenoxy) is 1. The van der Waals surface area contributed by atoms with Crippen LogP contribution in [-0.2, 0) is 54.6 Å². The average molecular weight is 2010 g/mol. The van der Waals surface area contributed by atoms with Crippen LogP contribution in [0.3, 0.4) is 0 Å².